The minimum atomic E-state index is -0.630. The Labute approximate surface area is 48.0 Å². The molecule has 0 aliphatic heterocycles. The molecule has 0 aromatic heterocycles. The van der Waals surface area contributed by atoms with Gasteiger partial charge in [-0.2, -0.15) is 0 Å². The van der Waals surface area contributed by atoms with Crippen LogP contribution in [0.3, 0.4) is 0 Å². The van der Waals surface area contributed by atoms with Crippen molar-refractivity contribution in [2.24, 2.45) is 5.28 Å². The number of rotatable bonds is 0. The molecule has 0 bridgehead atoms. The molecule has 0 amide bonds. The second kappa shape index (κ2) is 1.98. The number of hydroxylamine groups is 1. The van der Waals surface area contributed by atoms with E-state index in [-0.39, 0.29) is 4.86 Å². The summed E-state index contributed by atoms with van der Waals surface area (Å²) in [7, 11) is 0. The second-order valence-electron chi connectivity index (χ2n) is 2.53. The molecule has 0 saturated heterocycles. The monoisotopic (exact) mass is 118 g/mol. The summed E-state index contributed by atoms with van der Waals surface area (Å²) in [5.74, 6) is 0. The highest BCUT2D eigenvalue weighted by atomic mass is 16.6. The molecule has 4 nitrogen and oxygen atoms in total. The molecule has 1 N–H and O–H groups in total. The molecule has 8 heavy (non-hydrogen) atoms. The van der Waals surface area contributed by atoms with Gasteiger partial charge in [0.2, 0.25) is 0 Å². The Hall–Kier alpha value is -0.800. The summed E-state index contributed by atoms with van der Waals surface area (Å²) in [6.07, 6.45) is 0. The molecule has 0 saturated carbocycles. The largest absolute Gasteiger partial charge is 0.597 e. The van der Waals surface area contributed by atoms with Gasteiger partial charge in [-0.05, 0) is 0 Å². The lowest BCUT2D eigenvalue weighted by atomic mass is 10.1. The zero-order valence-electron chi connectivity index (χ0n) is 5.25. The predicted octanol–water partition coefficient (Wildman–Crippen LogP) is 1.14. The van der Waals surface area contributed by atoms with E-state index in [1.54, 1.807) is 20.8 Å². The van der Waals surface area contributed by atoms with E-state index in [1.807, 2.05) is 0 Å². The van der Waals surface area contributed by atoms with Gasteiger partial charge in [-0.25, -0.2) is 0 Å². The van der Waals surface area contributed by atoms with Crippen molar-refractivity contribution in [3.8, 4) is 0 Å². The molecular formula is C4H10N2O2. The highest BCUT2D eigenvalue weighted by molar-refractivity contribution is 4.53. The van der Waals surface area contributed by atoms with Gasteiger partial charge in [0.1, 0.15) is 0 Å². The maximum atomic E-state index is 10.3. The molecule has 0 atom stereocenters. The van der Waals surface area contributed by atoms with Crippen molar-refractivity contribution in [3.63, 3.8) is 0 Å². The second-order valence-corrected chi connectivity index (χ2v) is 2.53. The fourth-order valence-corrected chi connectivity index (χ4v) is 0.134. The molecule has 0 spiro atoms. The highest BCUT2D eigenvalue weighted by Gasteiger charge is 2.20. The van der Waals surface area contributed by atoms with Crippen molar-refractivity contribution in [2.45, 2.75) is 26.3 Å². The topological polar surface area (TPSA) is 58.7 Å². The first-order chi connectivity index (χ1) is 3.48. The standard InChI is InChI=1S/C4H10N2O2/c1-4(2,3)6(8)5-7/h7H,1-3H3/b6-5-. The molecule has 0 rings (SSSR count). The van der Waals surface area contributed by atoms with Gasteiger partial charge in [0, 0.05) is 20.8 Å². The first-order valence-corrected chi connectivity index (χ1v) is 2.31. The van der Waals surface area contributed by atoms with Crippen molar-refractivity contribution < 1.29 is 10.1 Å². The van der Waals surface area contributed by atoms with E-state index < -0.39 is 5.54 Å². The smallest absolute Gasteiger partial charge is 0.197 e. The van der Waals surface area contributed by atoms with Crippen molar-refractivity contribution in [2.75, 3.05) is 0 Å². The Morgan fingerprint density at radius 2 is 1.88 bits per heavy atom. The predicted molar refractivity (Wildman–Crippen MR) is 27.6 cm³/mol. The van der Waals surface area contributed by atoms with E-state index >= 15 is 0 Å². The summed E-state index contributed by atoms with van der Waals surface area (Å²) in [6, 6.07) is 0. The highest BCUT2D eigenvalue weighted by Crippen LogP contribution is 2.04. The first-order valence-electron chi connectivity index (χ1n) is 2.31. The number of nitrogens with zero attached hydrogens (tertiary/aromatic N) is 2. The van der Waals surface area contributed by atoms with Crippen molar-refractivity contribution in [1.29, 1.82) is 0 Å². The lowest BCUT2D eigenvalue weighted by Gasteiger charge is -2.11. The fraction of sp³-hybridized carbons (Fsp3) is 1.00. The van der Waals surface area contributed by atoms with E-state index in [0.717, 1.165) is 0 Å². The number of hydrogen-bond donors (Lipinski definition) is 1. The number of hydrogen-bond acceptors (Lipinski definition) is 2. The van der Waals surface area contributed by atoms with Crippen LogP contribution in [0.1, 0.15) is 20.8 Å². The van der Waals surface area contributed by atoms with Crippen LogP contribution in [0.15, 0.2) is 5.28 Å². The van der Waals surface area contributed by atoms with E-state index in [1.165, 1.54) is 0 Å². The van der Waals surface area contributed by atoms with E-state index in [9.17, 15) is 5.21 Å². The zero-order chi connectivity index (χ0) is 6.78. The third-order valence-electron chi connectivity index (χ3n) is 0.655. The average molecular weight is 118 g/mol. The van der Waals surface area contributed by atoms with Gasteiger partial charge < -0.3 is 10.4 Å². The van der Waals surface area contributed by atoms with E-state index in [0.29, 0.717) is 0 Å². The van der Waals surface area contributed by atoms with Crippen LogP contribution in [0.25, 0.3) is 0 Å². The lowest BCUT2D eigenvalue weighted by Crippen LogP contribution is -2.26. The summed E-state index contributed by atoms with van der Waals surface area (Å²) in [4.78, 5) is 0.243. The van der Waals surface area contributed by atoms with E-state index in [4.69, 9.17) is 5.21 Å². The van der Waals surface area contributed by atoms with Crippen LogP contribution in [0.5, 0.6) is 0 Å². The molecular weight excluding hydrogens is 108 g/mol. The maximum absolute atomic E-state index is 10.3. The Bertz CT molecular complexity index is 103. The molecule has 4 heteroatoms. The lowest BCUT2D eigenvalue weighted by molar-refractivity contribution is -0.620. The van der Waals surface area contributed by atoms with Crippen molar-refractivity contribution in [1.82, 2.24) is 0 Å². The third-order valence-corrected chi connectivity index (χ3v) is 0.655. The Balaban J connectivity index is 4.03. The van der Waals surface area contributed by atoms with Crippen LogP contribution in [-0.4, -0.2) is 15.6 Å². The van der Waals surface area contributed by atoms with Gasteiger partial charge in [-0.1, -0.05) is 4.86 Å². The summed E-state index contributed by atoms with van der Waals surface area (Å²) in [5.41, 5.74) is -0.630. The summed E-state index contributed by atoms with van der Waals surface area (Å²) in [5, 5.41) is 20.7. The van der Waals surface area contributed by atoms with Gasteiger partial charge in [-0.15, -0.1) is 0 Å². The minimum Gasteiger partial charge on any atom is -0.597 e. The summed E-state index contributed by atoms with van der Waals surface area (Å²) >= 11 is 0. The molecule has 0 aromatic rings. The van der Waals surface area contributed by atoms with Gasteiger partial charge in [0.15, 0.2) is 10.8 Å². The zero-order valence-corrected chi connectivity index (χ0v) is 5.25. The van der Waals surface area contributed by atoms with Gasteiger partial charge in [0.05, 0.1) is 0 Å². The van der Waals surface area contributed by atoms with Crippen molar-refractivity contribution >= 4 is 0 Å². The normalized spacial score (nSPS) is 14.1. The minimum absolute atomic E-state index is 0.243. The Morgan fingerprint density at radius 3 is 1.88 bits per heavy atom. The molecule has 48 valence electrons. The van der Waals surface area contributed by atoms with Crippen LogP contribution in [0.2, 0.25) is 0 Å². The van der Waals surface area contributed by atoms with Crippen LogP contribution in [-0.2, 0) is 0 Å². The Morgan fingerprint density at radius 1 is 1.50 bits per heavy atom. The quantitative estimate of drug-likeness (QED) is 0.294. The molecule has 0 radical (unpaired) electrons. The van der Waals surface area contributed by atoms with E-state index in [2.05, 4.69) is 5.28 Å². The molecule has 0 heterocycles. The Kier molecular flexibility index (Phi) is 1.78. The van der Waals surface area contributed by atoms with Gasteiger partial charge in [-0.3, -0.25) is 0 Å². The molecule has 0 aliphatic rings. The average Bonchev–Trinajstić information content (AvgIpc) is 1.62. The summed E-state index contributed by atoms with van der Waals surface area (Å²) < 4.78 is 0. The summed E-state index contributed by atoms with van der Waals surface area (Å²) in [6.45, 7) is 4.96. The van der Waals surface area contributed by atoms with Gasteiger partial charge >= 0.3 is 0 Å². The third kappa shape index (κ3) is 1.77. The van der Waals surface area contributed by atoms with Crippen LogP contribution >= 0.6 is 0 Å². The molecule has 0 aromatic carbocycles. The fourth-order valence-electron chi connectivity index (χ4n) is 0.134. The maximum Gasteiger partial charge on any atom is 0.197 e. The van der Waals surface area contributed by atoms with Crippen LogP contribution < -0.4 is 0 Å². The SMILES string of the molecule is CC(C)(C)/[N+]([O-])=N/O. The van der Waals surface area contributed by atoms with Crippen LogP contribution in [0, 0.1) is 5.21 Å². The first kappa shape index (κ1) is 7.20. The molecule has 0 fully saturated rings. The molecule has 0 unspecified atom stereocenters. The van der Waals surface area contributed by atoms with Crippen molar-refractivity contribution in [3.05, 3.63) is 5.21 Å². The van der Waals surface area contributed by atoms with Crippen LogP contribution in [0.4, 0.5) is 0 Å². The molecule has 0 aliphatic carbocycles. The van der Waals surface area contributed by atoms with Gasteiger partial charge in [0.25, 0.3) is 0 Å².